The van der Waals surface area contributed by atoms with Gasteiger partial charge in [-0.2, -0.15) is 0 Å². The number of hydrogen-bond donors (Lipinski definition) is 2. The van der Waals surface area contributed by atoms with E-state index in [0.29, 0.717) is 17.9 Å². The molecular formula is C15H14N4O. The fraction of sp³-hybridized carbons (Fsp3) is 0.133. The van der Waals surface area contributed by atoms with Gasteiger partial charge in [0.1, 0.15) is 5.82 Å². The minimum atomic E-state index is -0.252. The van der Waals surface area contributed by atoms with Crippen molar-refractivity contribution in [2.45, 2.75) is 6.92 Å². The van der Waals surface area contributed by atoms with E-state index in [1.165, 1.54) is 6.20 Å². The summed E-state index contributed by atoms with van der Waals surface area (Å²) in [6.45, 7) is 2.17. The molecule has 5 heteroatoms. The van der Waals surface area contributed by atoms with E-state index in [2.05, 4.69) is 27.1 Å². The zero-order valence-electron chi connectivity index (χ0n) is 11.1. The highest BCUT2D eigenvalue weighted by atomic mass is 16.1. The average Bonchev–Trinajstić information content (AvgIpc) is 2.45. The average molecular weight is 266 g/mol. The number of pyridine rings is 2. The Morgan fingerprint density at radius 1 is 1.40 bits per heavy atom. The van der Waals surface area contributed by atoms with Crippen molar-refractivity contribution in [3.8, 4) is 11.8 Å². The monoisotopic (exact) mass is 266 g/mol. The van der Waals surface area contributed by atoms with Gasteiger partial charge in [0.15, 0.2) is 0 Å². The van der Waals surface area contributed by atoms with Crippen molar-refractivity contribution < 1.29 is 4.79 Å². The van der Waals surface area contributed by atoms with Crippen molar-refractivity contribution in [1.82, 2.24) is 9.97 Å². The molecule has 0 bridgehead atoms. The SMILES string of the molecule is Cc1cncc(C(=O)Nc2cc(C#CCN)ccn2)c1. The molecule has 0 unspecified atom stereocenters. The predicted molar refractivity (Wildman–Crippen MR) is 77.1 cm³/mol. The predicted octanol–water partition coefficient (Wildman–Crippen LogP) is 1.35. The molecule has 100 valence electrons. The van der Waals surface area contributed by atoms with E-state index in [4.69, 9.17) is 5.73 Å². The molecule has 2 aromatic heterocycles. The van der Waals surface area contributed by atoms with Gasteiger partial charge in [0.05, 0.1) is 12.1 Å². The minimum Gasteiger partial charge on any atom is -0.320 e. The van der Waals surface area contributed by atoms with E-state index in [1.54, 1.807) is 30.6 Å². The maximum atomic E-state index is 12.0. The van der Waals surface area contributed by atoms with Crippen LogP contribution in [-0.4, -0.2) is 22.4 Å². The molecule has 20 heavy (non-hydrogen) atoms. The number of carbonyl (C=O) groups excluding carboxylic acids is 1. The van der Waals surface area contributed by atoms with Crippen LogP contribution in [0.15, 0.2) is 36.8 Å². The quantitative estimate of drug-likeness (QED) is 0.804. The van der Waals surface area contributed by atoms with E-state index in [9.17, 15) is 4.79 Å². The third-order valence-electron chi connectivity index (χ3n) is 2.47. The van der Waals surface area contributed by atoms with Crippen LogP contribution in [0.25, 0.3) is 0 Å². The molecule has 0 aromatic carbocycles. The Bertz CT molecular complexity index is 686. The first-order valence-electron chi connectivity index (χ1n) is 6.07. The van der Waals surface area contributed by atoms with E-state index in [0.717, 1.165) is 11.1 Å². The maximum absolute atomic E-state index is 12.0. The molecular weight excluding hydrogens is 252 g/mol. The lowest BCUT2D eigenvalue weighted by Crippen LogP contribution is -2.13. The van der Waals surface area contributed by atoms with Gasteiger partial charge in [-0.25, -0.2) is 4.98 Å². The van der Waals surface area contributed by atoms with Crippen molar-refractivity contribution in [2.75, 3.05) is 11.9 Å². The lowest BCUT2D eigenvalue weighted by Gasteiger charge is -2.05. The van der Waals surface area contributed by atoms with Crippen LogP contribution < -0.4 is 11.1 Å². The number of hydrogen-bond acceptors (Lipinski definition) is 4. The first-order chi connectivity index (χ1) is 9.69. The fourth-order valence-electron chi connectivity index (χ4n) is 1.60. The molecule has 0 saturated heterocycles. The number of carbonyl (C=O) groups is 1. The molecule has 0 aliphatic rings. The highest BCUT2D eigenvalue weighted by molar-refractivity contribution is 6.03. The van der Waals surface area contributed by atoms with E-state index >= 15 is 0 Å². The lowest BCUT2D eigenvalue weighted by atomic mass is 10.2. The van der Waals surface area contributed by atoms with Crippen LogP contribution in [-0.2, 0) is 0 Å². The second-order valence-electron chi connectivity index (χ2n) is 4.14. The summed E-state index contributed by atoms with van der Waals surface area (Å²) in [6.07, 6.45) is 4.79. The molecule has 0 radical (unpaired) electrons. The number of nitrogens with zero attached hydrogens (tertiary/aromatic N) is 2. The van der Waals surface area contributed by atoms with Crippen molar-refractivity contribution in [3.05, 3.63) is 53.5 Å². The molecule has 2 heterocycles. The summed E-state index contributed by atoms with van der Waals surface area (Å²) < 4.78 is 0. The van der Waals surface area contributed by atoms with Crippen molar-refractivity contribution in [3.63, 3.8) is 0 Å². The third-order valence-corrected chi connectivity index (χ3v) is 2.47. The second kappa shape index (κ2) is 6.45. The summed E-state index contributed by atoms with van der Waals surface area (Å²) in [6, 6.07) is 5.22. The van der Waals surface area contributed by atoms with Crippen LogP contribution in [0.1, 0.15) is 21.5 Å². The Morgan fingerprint density at radius 2 is 2.25 bits per heavy atom. The number of rotatable bonds is 2. The molecule has 2 rings (SSSR count). The smallest absolute Gasteiger partial charge is 0.258 e. The first kappa shape index (κ1) is 13.7. The molecule has 0 fully saturated rings. The summed E-state index contributed by atoms with van der Waals surface area (Å²) in [4.78, 5) is 20.1. The summed E-state index contributed by atoms with van der Waals surface area (Å²) in [5.41, 5.74) is 7.49. The van der Waals surface area contributed by atoms with Gasteiger partial charge >= 0.3 is 0 Å². The van der Waals surface area contributed by atoms with Gasteiger partial charge in [-0.3, -0.25) is 9.78 Å². The van der Waals surface area contributed by atoms with Gasteiger partial charge in [-0.05, 0) is 30.7 Å². The van der Waals surface area contributed by atoms with Crippen LogP contribution >= 0.6 is 0 Å². The first-order valence-corrected chi connectivity index (χ1v) is 6.07. The van der Waals surface area contributed by atoms with Gasteiger partial charge in [0, 0.05) is 24.2 Å². The summed E-state index contributed by atoms with van der Waals surface area (Å²) in [7, 11) is 0. The maximum Gasteiger partial charge on any atom is 0.258 e. The Kier molecular flexibility index (Phi) is 4.43. The molecule has 0 aliphatic heterocycles. The van der Waals surface area contributed by atoms with E-state index in [1.807, 2.05) is 6.92 Å². The molecule has 0 aliphatic carbocycles. The Balaban J connectivity index is 2.15. The number of amides is 1. The molecule has 5 nitrogen and oxygen atoms in total. The summed E-state index contributed by atoms with van der Waals surface area (Å²) >= 11 is 0. The second-order valence-corrected chi connectivity index (χ2v) is 4.14. The Labute approximate surface area is 117 Å². The Hall–Kier alpha value is -2.71. The van der Waals surface area contributed by atoms with Crippen LogP contribution in [0.4, 0.5) is 5.82 Å². The minimum absolute atomic E-state index is 0.252. The molecule has 0 atom stereocenters. The van der Waals surface area contributed by atoms with Crippen molar-refractivity contribution >= 4 is 11.7 Å². The van der Waals surface area contributed by atoms with Gasteiger partial charge in [0.25, 0.3) is 5.91 Å². The largest absolute Gasteiger partial charge is 0.320 e. The zero-order chi connectivity index (χ0) is 14.4. The zero-order valence-corrected chi connectivity index (χ0v) is 11.1. The van der Waals surface area contributed by atoms with Gasteiger partial charge in [0.2, 0.25) is 0 Å². The van der Waals surface area contributed by atoms with Crippen LogP contribution in [0.5, 0.6) is 0 Å². The van der Waals surface area contributed by atoms with Crippen molar-refractivity contribution in [1.29, 1.82) is 0 Å². The van der Waals surface area contributed by atoms with Crippen molar-refractivity contribution in [2.24, 2.45) is 5.73 Å². The number of aryl methyl sites for hydroxylation is 1. The van der Waals surface area contributed by atoms with Gasteiger partial charge < -0.3 is 11.1 Å². The van der Waals surface area contributed by atoms with Crippen LogP contribution in [0.3, 0.4) is 0 Å². The van der Waals surface area contributed by atoms with Gasteiger partial charge in [-0.1, -0.05) is 11.8 Å². The number of nitrogens with two attached hydrogens (primary N) is 1. The number of nitrogens with one attached hydrogen (secondary N) is 1. The highest BCUT2D eigenvalue weighted by Gasteiger charge is 2.07. The Morgan fingerprint density at radius 3 is 3.00 bits per heavy atom. The molecule has 3 N–H and O–H groups in total. The van der Waals surface area contributed by atoms with Crippen LogP contribution in [0.2, 0.25) is 0 Å². The summed E-state index contributed by atoms with van der Waals surface area (Å²) in [5.74, 6) is 5.83. The molecule has 0 saturated carbocycles. The normalized spacial score (nSPS) is 9.50. The molecule has 0 spiro atoms. The lowest BCUT2D eigenvalue weighted by molar-refractivity contribution is 0.102. The number of aromatic nitrogens is 2. The topological polar surface area (TPSA) is 80.9 Å². The molecule has 1 amide bonds. The van der Waals surface area contributed by atoms with Gasteiger partial charge in [-0.15, -0.1) is 0 Å². The fourth-order valence-corrected chi connectivity index (χ4v) is 1.60. The standard InChI is InChI=1S/C15H14N4O/c1-11-7-13(10-17-9-11)15(20)19-14-8-12(3-2-5-16)4-6-18-14/h4,6-10H,5,16H2,1H3,(H,18,19,20). The van der Waals surface area contributed by atoms with Crippen LogP contribution in [0, 0.1) is 18.8 Å². The van der Waals surface area contributed by atoms with E-state index < -0.39 is 0 Å². The van der Waals surface area contributed by atoms with E-state index in [-0.39, 0.29) is 5.91 Å². The molecule has 2 aromatic rings. The summed E-state index contributed by atoms with van der Waals surface area (Å²) in [5, 5.41) is 2.71. The third kappa shape index (κ3) is 3.64. The highest BCUT2D eigenvalue weighted by Crippen LogP contribution is 2.09. The number of anilines is 1.